The number of hydrogen-bond donors (Lipinski definition) is 1. The number of ether oxygens (including phenoxy) is 2. The molecule has 0 bridgehead atoms. The number of fused-ring (bicyclic) bond motifs is 1. The van der Waals surface area contributed by atoms with Gasteiger partial charge >= 0.3 is 5.97 Å². The molecule has 1 fully saturated rings. The summed E-state index contributed by atoms with van der Waals surface area (Å²) in [6.45, 7) is 1.83. The molecule has 33 heavy (non-hydrogen) atoms. The molecule has 3 aliphatic rings. The lowest BCUT2D eigenvalue weighted by molar-refractivity contribution is -0.114. The van der Waals surface area contributed by atoms with E-state index in [1.807, 2.05) is 0 Å². The van der Waals surface area contributed by atoms with Crippen molar-refractivity contribution in [3.63, 3.8) is 0 Å². The van der Waals surface area contributed by atoms with E-state index in [9.17, 15) is 9.59 Å². The second-order valence-corrected chi connectivity index (χ2v) is 9.26. The molecule has 0 atom stereocenters. The number of hydrazone groups is 1. The predicted octanol–water partition coefficient (Wildman–Crippen LogP) is 3.65. The van der Waals surface area contributed by atoms with E-state index in [0.29, 0.717) is 21.4 Å². The summed E-state index contributed by atoms with van der Waals surface area (Å²) in [6, 6.07) is 8.37. The first-order valence-electron chi connectivity index (χ1n) is 10.2. The fourth-order valence-electron chi connectivity index (χ4n) is 3.59. The van der Waals surface area contributed by atoms with Crippen molar-refractivity contribution in [1.82, 2.24) is 9.91 Å². The smallest absolute Gasteiger partial charge is 0.353 e. The van der Waals surface area contributed by atoms with E-state index in [4.69, 9.17) is 14.9 Å². The number of methoxy groups -OCH3 is 1. The Bertz CT molecular complexity index is 1230. The topological polar surface area (TPSA) is 108 Å². The molecule has 0 radical (unpaired) electrons. The third kappa shape index (κ3) is 4.16. The maximum atomic E-state index is 12.7. The molecule has 1 aromatic carbocycles. The van der Waals surface area contributed by atoms with Crippen LogP contribution in [0.4, 0.5) is 0 Å². The molecular weight excluding hydrogens is 462 g/mol. The van der Waals surface area contributed by atoms with Crippen molar-refractivity contribution < 1.29 is 19.1 Å². The summed E-state index contributed by atoms with van der Waals surface area (Å²) in [7, 11) is 1.47. The van der Waals surface area contributed by atoms with E-state index >= 15 is 0 Å². The van der Waals surface area contributed by atoms with Crippen molar-refractivity contribution in [2.75, 3.05) is 20.2 Å². The number of thiophene rings is 1. The quantitative estimate of drug-likeness (QED) is 0.403. The molecule has 11 heteroatoms. The molecule has 1 amide bonds. The number of nitrogens with one attached hydrogen (secondary N) is 1. The van der Waals surface area contributed by atoms with Gasteiger partial charge < -0.3 is 14.4 Å². The van der Waals surface area contributed by atoms with Crippen LogP contribution in [0.2, 0.25) is 0 Å². The van der Waals surface area contributed by atoms with E-state index in [1.165, 1.54) is 35.2 Å². The van der Waals surface area contributed by atoms with Gasteiger partial charge in [-0.15, -0.1) is 16.4 Å². The predicted molar refractivity (Wildman–Crippen MR) is 128 cm³/mol. The maximum absolute atomic E-state index is 12.7. The summed E-state index contributed by atoms with van der Waals surface area (Å²) in [5.41, 5.74) is 0.723. The fourth-order valence-corrected chi connectivity index (χ4v) is 5.13. The molecule has 1 N–H and O–H groups in total. The van der Waals surface area contributed by atoms with E-state index in [-0.39, 0.29) is 17.2 Å². The third-order valence-electron chi connectivity index (χ3n) is 5.24. The minimum atomic E-state index is -0.496. The van der Waals surface area contributed by atoms with Crippen molar-refractivity contribution in [3.8, 4) is 11.5 Å². The zero-order valence-corrected chi connectivity index (χ0v) is 19.2. The van der Waals surface area contributed by atoms with Gasteiger partial charge in [0.25, 0.3) is 5.91 Å². The Balaban J connectivity index is 1.39. The van der Waals surface area contributed by atoms with Gasteiger partial charge in [-0.05, 0) is 59.8 Å². The molecule has 5 rings (SSSR count). The summed E-state index contributed by atoms with van der Waals surface area (Å²) < 4.78 is 10.8. The van der Waals surface area contributed by atoms with Crippen molar-refractivity contribution in [1.29, 1.82) is 5.41 Å². The van der Waals surface area contributed by atoms with Gasteiger partial charge in [0.05, 0.1) is 12.7 Å². The van der Waals surface area contributed by atoms with E-state index in [0.717, 1.165) is 31.1 Å². The van der Waals surface area contributed by atoms with Crippen molar-refractivity contribution >= 4 is 57.2 Å². The highest BCUT2D eigenvalue weighted by atomic mass is 32.2. The van der Waals surface area contributed by atoms with Gasteiger partial charge in [-0.1, -0.05) is 12.1 Å². The summed E-state index contributed by atoms with van der Waals surface area (Å²) in [5, 5.41) is 17.4. The van der Waals surface area contributed by atoms with Gasteiger partial charge in [0.15, 0.2) is 22.5 Å². The average molecular weight is 482 g/mol. The number of hydrogen-bond acceptors (Lipinski definition) is 9. The minimum absolute atomic E-state index is 0.0288. The highest BCUT2D eigenvalue weighted by Crippen LogP contribution is 2.33. The summed E-state index contributed by atoms with van der Waals surface area (Å²) in [6.07, 6.45) is 3.77. The molecule has 0 saturated carbocycles. The van der Waals surface area contributed by atoms with E-state index in [1.54, 1.807) is 41.8 Å². The lowest BCUT2D eigenvalue weighted by Gasteiger charge is -2.20. The average Bonchev–Trinajstić information content (AvgIpc) is 3.58. The molecule has 168 valence electrons. The molecule has 0 unspecified atom stereocenters. The standard InChI is InChI=1S/C22H19N5O4S2/c1-30-16-12-13(6-7-15(16)31-20(29)17-5-4-10-32-17)11-14-18(23)27-21(24-19(14)28)33-22(25-27)26-8-2-3-9-26/h4-7,10-12,23H,2-3,8-9H2,1H3/b14-11-,23-18?. The molecule has 3 aliphatic heterocycles. The number of esters is 1. The van der Waals surface area contributed by atoms with Crippen LogP contribution in [-0.4, -0.2) is 58.2 Å². The summed E-state index contributed by atoms with van der Waals surface area (Å²) in [5.74, 6) is -0.403. The normalized spacial score (nSPS) is 19.0. The lowest BCUT2D eigenvalue weighted by Crippen LogP contribution is -2.35. The van der Waals surface area contributed by atoms with Crippen LogP contribution in [-0.2, 0) is 4.79 Å². The number of aliphatic imine (C=N–C) groups is 1. The summed E-state index contributed by atoms with van der Waals surface area (Å²) >= 11 is 2.60. The van der Waals surface area contributed by atoms with Crippen molar-refractivity contribution in [3.05, 3.63) is 51.7 Å². The van der Waals surface area contributed by atoms with E-state index in [2.05, 4.69) is 15.0 Å². The number of amides is 1. The molecule has 9 nitrogen and oxygen atoms in total. The number of rotatable bonds is 4. The van der Waals surface area contributed by atoms with Crippen molar-refractivity contribution in [2.45, 2.75) is 12.8 Å². The van der Waals surface area contributed by atoms with Crippen LogP contribution in [0.5, 0.6) is 11.5 Å². The fraction of sp³-hybridized carbons (Fsp3) is 0.227. The Morgan fingerprint density at radius 3 is 2.73 bits per heavy atom. The number of benzene rings is 1. The molecule has 1 aromatic heterocycles. The Hall–Kier alpha value is -3.44. The monoisotopic (exact) mass is 481 g/mol. The zero-order valence-electron chi connectivity index (χ0n) is 17.6. The minimum Gasteiger partial charge on any atom is -0.493 e. The highest BCUT2D eigenvalue weighted by Gasteiger charge is 2.37. The van der Waals surface area contributed by atoms with Crippen LogP contribution in [0.25, 0.3) is 6.08 Å². The number of amidine groups is 3. The molecule has 0 spiro atoms. The van der Waals surface area contributed by atoms with Crippen LogP contribution in [0.15, 0.2) is 51.4 Å². The number of likely N-dealkylation sites (tertiary alicyclic amines) is 1. The Morgan fingerprint density at radius 1 is 1.18 bits per heavy atom. The molecule has 1 saturated heterocycles. The van der Waals surface area contributed by atoms with E-state index < -0.39 is 11.9 Å². The molecule has 2 aromatic rings. The Kier molecular flexibility index (Phi) is 5.73. The van der Waals surface area contributed by atoms with Gasteiger partial charge in [0, 0.05) is 13.1 Å². The van der Waals surface area contributed by atoms with Crippen molar-refractivity contribution in [2.24, 2.45) is 10.1 Å². The largest absolute Gasteiger partial charge is 0.493 e. The zero-order chi connectivity index (χ0) is 22.9. The highest BCUT2D eigenvalue weighted by molar-refractivity contribution is 8.26. The first-order chi connectivity index (χ1) is 16.0. The molecular formula is C22H19N5O4S2. The van der Waals surface area contributed by atoms with Gasteiger partial charge in [0.2, 0.25) is 5.17 Å². The summed E-state index contributed by atoms with van der Waals surface area (Å²) in [4.78, 5) is 31.7. The molecule has 0 aliphatic carbocycles. The SMILES string of the molecule is COc1cc(/C=C2/C(=N)N3N=C(N4CCCC4)SC3=NC2=O)ccc1OC(=O)c1cccs1. The number of carbonyl (C=O) groups is 2. The first kappa shape index (κ1) is 21.4. The van der Waals surface area contributed by atoms with Gasteiger partial charge in [-0.3, -0.25) is 10.2 Å². The second-order valence-electron chi connectivity index (χ2n) is 7.37. The van der Waals surface area contributed by atoms with Crippen LogP contribution >= 0.6 is 23.1 Å². The number of nitrogens with zero attached hydrogens (tertiary/aromatic N) is 4. The van der Waals surface area contributed by atoms with Crippen LogP contribution in [0.3, 0.4) is 0 Å². The van der Waals surface area contributed by atoms with Crippen LogP contribution < -0.4 is 9.47 Å². The lowest BCUT2D eigenvalue weighted by atomic mass is 10.1. The Labute approximate surface area is 197 Å². The van der Waals surface area contributed by atoms with Crippen LogP contribution in [0, 0.1) is 5.41 Å². The van der Waals surface area contributed by atoms with Gasteiger partial charge in [0.1, 0.15) is 4.88 Å². The third-order valence-corrected chi connectivity index (χ3v) is 7.06. The first-order valence-corrected chi connectivity index (χ1v) is 11.9. The van der Waals surface area contributed by atoms with Crippen LogP contribution in [0.1, 0.15) is 28.1 Å². The number of thioether (sulfide) groups is 1. The molecule has 4 heterocycles. The van der Waals surface area contributed by atoms with Gasteiger partial charge in [-0.25, -0.2) is 4.79 Å². The maximum Gasteiger partial charge on any atom is 0.353 e. The number of carbonyl (C=O) groups excluding carboxylic acids is 2. The second kappa shape index (κ2) is 8.83. The Morgan fingerprint density at radius 2 is 2.00 bits per heavy atom. The van der Waals surface area contributed by atoms with Gasteiger partial charge in [-0.2, -0.15) is 10.0 Å².